The number of carbonyl (C=O) groups is 1. The highest BCUT2D eigenvalue weighted by molar-refractivity contribution is 9.09. The number of aromatic amines is 2. The molecule has 3 heterocycles. The third-order valence-corrected chi connectivity index (χ3v) is 7.54. The van der Waals surface area contributed by atoms with Gasteiger partial charge in [-0.2, -0.15) is 0 Å². The van der Waals surface area contributed by atoms with Gasteiger partial charge in [0, 0.05) is 43.0 Å². The van der Waals surface area contributed by atoms with E-state index in [1.54, 1.807) is 0 Å². The number of carbonyl (C=O) groups excluding carboxylic acids is 1. The number of imidazole rings is 2. The predicted molar refractivity (Wildman–Crippen MR) is 159 cm³/mol. The van der Waals surface area contributed by atoms with Crippen molar-refractivity contribution in [3.63, 3.8) is 0 Å². The van der Waals surface area contributed by atoms with E-state index in [1.165, 1.54) is 5.69 Å². The lowest BCUT2D eigenvalue weighted by atomic mass is 10.2. The fraction of sp³-hybridized carbons (Fsp3) is 0.276. The molecular weight excluding hydrogens is 558 g/mol. The Kier molecular flexibility index (Phi) is 7.21. The maximum Gasteiger partial charge on any atom is 0.230 e. The van der Waals surface area contributed by atoms with E-state index < -0.39 is 0 Å². The molecule has 5 aromatic rings. The molecule has 1 saturated heterocycles. The lowest BCUT2D eigenvalue weighted by Gasteiger charge is -2.34. The number of benzene rings is 3. The van der Waals surface area contributed by atoms with Crippen molar-refractivity contribution < 1.29 is 9.53 Å². The summed E-state index contributed by atoms with van der Waals surface area (Å²) in [5.41, 5.74) is 7.05. The van der Waals surface area contributed by atoms with Gasteiger partial charge in [0.25, 0.3) is 0 Å². The molecule has 0 radical (unpaired) electrons. The summed E-state index contributed by atoms with van der Waals surface area (Å²) in [6.07, 6.45) is 0. The van der Waals surface area contributed by atoms with Crippen LogP contribution in [-0.4, -0.2) is 82.5 Å². The zero-order valence-electron chi connectivity index (χ0n) is 21.7. The molecule has 0 bridgehead atoms. The Morgan fingerprint density at radius 3 is 2.26 bits per heavy atom. The molecule has 2 aromatic heterocycles. The number of fused-ring (bicyclic) bond motifs is 2. The lowest BCUT2D eigenvalue weighted by molar-refractivity contribution is -0.118. The third-order valence-electron chi connectivity index (χ3n) is 7.03. The molecule has 1 aliphatic rings. The first-order chi connectivity index (χ1) is 19.1. The van der Waals surface area contributed by atoms with Gasteiger partial charge in [-0.25, -0.2) is 9.97 Å². The highest BCUT2D eigenvalue weighted by Gasteiger charge is 2.16. The normalized spacial score (nSPS) is 14.3. The van der Waals surface area contributed by atoms with Crippen molar-refractivity contribution in [2.24, 2.45) is 0 Å². The van der Waals surface area contributed by atoms with Crippen LogP contribution in [0.2, 0.25) is 0 Å². The van der Waals surface area contributed by atoms with Crippen molar-refractivity contribution in [2.45, 2.75) is 0 Å². The number of anilines is 1. The second kappa shape index (κ2) is 11.1. The Bertz CT molecular complexity index is 1600. The zero-order chi connectivity index (χ0) is 26.8. The second-order valence-electron chi connectivity index (χ2n) is 9.75. The fourth-order valence-corrected chi connectivity index (χ4v) is 5.00. The molecule has 3 N–H and O–H groups in total. The van der Waals surface area contributed by atoms with Crippen LogP contribution in [0.4, 0.5) is 5.69 Å². The molecule has 3 aromatic carbocycles. The average molecular weight is 589 g/mol. The van der Waals surface area contributed by atoms with Gasteiger partial charge in [-0.15, -0.1) is 0 Å². The first-order valence-electron chi connectivity index (χ1n) is 13.0. The van der Waals surface area contributed by atoms with Crippen LogP contribution in [0.3, 0.4) is 0 Å². The molecule has 6 rings (SSSR count). The summed E-state index contributed by atoms with van der Waals surface area (Å²) in [6, 6.07) is 20.4. The van der Waals surface area contributed by atoms with Gasteiger partial charge < -0.3 is 29.8 Å². The van der Waals surface area contributed by atoms with E-state index in [2.05, 4.69) is 78.4 Å². The molecule has 9 nitrogen and oxygen atoms in total. The smallest absolute Gasteiger partial charge is 0.230 e. The van der Waals surface area contributed by atoms with Crippen LogP contribution < -0.4 is 15.0 Å². The highest BCUT2D eigenvalue weighted by atomic mass is 79.9. The van der Waals surface area contributed by atoms with Crippen molar-refractivity contribution in [3.8, 4) is 28.5 Å². The van der Waals surface area contributed by atoms with Crippen LogP contribution in [0.1, 0.15) is 0 Å². The number of hydrogen-bond acceptors (Lipinski definition) is 6. The molecule has 0 aliphatic carbocycles. The molecule has 10 heteroatoms. The van der Waals surface area contributed by atoms with E-state index in [1.807, 2.05) is 30.3 Å². The Balaban J connectivity index is 1.17. The number of ether oxygens (including phenoxy) is 1. The van der Waals surface area contributed by atoms with Gasteiger partial charge in [-0.05, 0) is 67.7 Å². The first-order valence-corrected chi connectivity index (χ1v) is 14.2. The van der Waals surface area contributed by atoms with Crippen molar-refractivity contribution in [1.82, 2.24) is 30.2 Å². The van der Waals surface area contributed by atoms with E-state index in [0.29, 0.717) is 13.2 Å². The summed E-state index contributed by atoms with van der Waals surface area (Å²) in [5.74, 6) is 2.32. The maximum absolute atomic E-state index is 11.3. The van der Waals surface area contributed by atoms with Gasteiger partial charge >= 0.3 is 0 Å². The van der Waals surface area contributed by atoms with Gasteiger partial charge in [0.2, 0.25) is 5.91 Å². The topological polar surface area (TPSA) is 102 Å². The molecular formula is C29H30BrN7O2. The van der Waals surface area contributed by atoms with Crippen LogP contribution >= 0.6 is 15.9 Å². The van der Waals surface area contributed by atoms with Crippen LogP contribution in [0.25, 0.3) is 44.8 Å². The van der Waals surface area contributed by atoms with Gasteiger partial charge in [0.1, 0.15) is 24.0 Å². The SMILES string of the molecule is CN1CCN(c2ccc3nc(-c4ccc5nc(-c6ccc(OCCNC(=O)CBr)cc6)[nH]c5c4)[nH]c3c2)CC1. The molecule has 200 valence electrons. The number of halogens is 1. The minimum atomic E-state index is -0.0577. The van der Waals surface area contributed by atoms with Crippen LogP contribution in [0, 0.1) is 0 Å². The Morgan fingerprint density at radius 2 is 1.54 bits per heavy atom. The van der Waals surface area contributed by atoms with E-state index in [9.17, 15) is 4.79 Å². The third kappa shape index (κ3) is 5.62. The summed E-state index contributed by atoms with van der Waals surface area (Å²) < 4.78 is 5.71. The Labute approximate surface area is 234 Å². The van der Waals surface area contributed by atoms with Crippen LogP contribution in [0.5, 0.6) is 5.75 Å². The number of H-pyrrole nitrogens is 2. The summed E-state index contributed by atoms with van der Waals surface area (Å²) in [5, 5.41) is 3.05. The molecule has 39 heavy (non-hydrogen) atoms. The molecule has 1 amide bonds. The predicted octanol–water partition coefficient (Wildman–Crippen LogP) is 4.41. The quantitative estimate of drug-likeness (QED) is 0.183. The van der Waals surface area contributed by atoms with E-state index >= 15 is 0 Å². The monoisotopic (exact) mass is 587 g/mol. The van der Waals surface area contributed by atoms with Gasteiger partial charge in [-0.1, -0.05) is 15.9 Å². The van der Waals surface area contributed by atoms with E-state index in [4.69, 9.17) is 14.7 Å². The summed E-state index contributed by atoms with van der Waals surface area (Å²) >= 11 is 3.12. The number of hydrogen-bond donors (Lipinski definition) is 3. The molecule has 1 aliphatic heterocycles. The summed E-state index contributed by atoms with van der Waals surface area (Å²) in [7, 11) is 2.17. The average Bonchev–Trinajstić information content (AvgIpc) is 3.59. The lowest BCUT2D eigenvalue weighted by Crippen LogP contribution is -2.44. The van der Waals surface area contributed by atoms with Crippen LogP contribution in [0.15, 0.2) is 60.7 Å². The number of rotatable bonds is 8. The summed E-state index contributed by atoms with van der Waals surface area (Å²) in [4.78, 5) is 32.7. The minimum Gasteiger partial charge on any atom is -0.492 e. The number of nitrogens with zero attached hydrogens (tertiary/aromatic N) is 4. The van der Waals surface area contributed by atoms with Crippen LogP contribution in [-0.2, 0) is 4.79 Å². The van der Waals surface area contributed by atoms with E-state index in [-0.39, 0.29) is 11.2 Å². The summed E-state index contributed by atoms with van der Waals surface area (Å²) in [6.45, 7) is 5.10. The van der Waals surface area contributed by atoms with Crippen molar-refractivity contribution in [1.29, 1.82) is 0 Å². The number of aromatic nitrogens is 4. The van der Waals surface area contributed by atoms with Gasteiger partial charge in [0.15, 0.2) is 0 Å². The number of likely N-dealkylation sites (N-methyl/N-ethyl adjacent to an activating group) is 1. The highest BCUT2D eigenvalue weighted by Crippen LogP contribution is 2.28. The van der Waals surface area contributed by atoms with Gasteiger partial charge in [-0.3, -0.25) is 4.79 Å². The second-order valence-corrected chi connectivity index (χ2v) is 10.3. The van der Waals surface area contributed by atoms with Crippen molar-refractivity contribution >= 4 is 49.6 Å². The Hall–Kier alpha value is -3.89. The molecule has 0 atom stereocenters. The van der Waals surface area contributed by atoms with Crippen molar-refractivity contribution in [3.05, 3.63) is 60.7 Å². The van der Waals surface area contributed by atoms with Crippen molar-refractivity contribution in [2.75, 3.05) is 56.6 Å². The van der Waals surface area contributed by atoms with Gasteiger partial charge in [0.05, 0.1) is 33.9 Å². The first kappa shape index (κ1) is 25.4. The Morgan fingerprint density at radius 1 is 0.897 bits per heavy atom. The molecule has 0 saturated carbocycles. The number of nitrogens with one attached hydrogen (secondary N) is 3. The minimum absolute atomic E-state index is 0.0577. The standard InChI is InChI=1S/C29H30BrN7O2/c1-36-11-13-37(14-12-36)21-5-9-24-26(17-21)35-29(33-24)20-4-8-23-25(16-20)34-28(32-23)19-2-6-22(7-3-19)39-15-10-31-27(38)18-30/h2-9,16-17H,10-15,18H2,1H3,(H,31,38)(H,32,34)(H,33,35). The number of alkyl halides is 1. The molecule has 1 fully saturated rings. The molecule has 0 spiro atoms. The molecule has 0 unspecified atom stereocenters. The number of amides is 1. The largest absolute Gasteiger partial charge is 0.492 e. The zero-order valence-corrected chi connectivity index (χ0v) is 23.3. The fourth-order valence-electron chi connectivity index (χ4n) is 4.80. The number of piperazine rings is 1. The van der Waals surface area contributed by atoms with E-state index in [0.717, 1.165) is 76.8 Å². The maximum atomic E-state index is 11.3.